The SMILES string of the molecule is CC12C=CC=C(B3OC(C)(C)C(C)(C)O3)C=CC(C)(CC1)CC2. The lowest BCUT2D eigenvalue weighted by atomic mass is 9.64. The van der Waals surface area contributed by atoms with Crippen LogP contribution in [-0.2, 0) is 9.31 Å². The van der Waals surface area contributed by atoms with Crippen LogP contribution in [0.25, 0.3) is 0 Å². The Morgan fingerprint density at radius 1 is 0.783 bits per heavy atom. The van der Waals surface area contributed by atoms with E-state index in [-0.39, 0.29) is 18.3 Å². The maximum atomic E-state index is 6.23. The fraction of sp³-hybridized carbons (Fsp3) is 0.700. The van der Waals surface area contributed by atoms with E-state index in [1.807, 2.05) is 0 Å². The van der Waals surface area contributed by atoms with Crippen LogP contribution in [0, 0.1) is 10.8 Å². The van der Waals surface area contributed by atoms with Gasteiger partial charge < -0.3 is 9.31 Å². The molecular weight excluding hydrogens is 283 g/mol. The van der Waals surface area contributed by atoms with Crippen LogP contribution in [0.15, 0.2) is 35.9 Å². The van der Waals surface area contributed by atoms with Crippen LogP contribution in [0.4, 0.5) is 0 Å². The third kappa shape index (κ3) is 3.23. The third-order valence-corrected chi connectivity index (χ3v) is 6.53. The van der Waals surface area contributed by atoms with Crippen molar-refractivity contribution in [3.8, 4) is 0 Å². The first kappa shape index (κ1) is 17.0. The average Bonchev–Trinajstić information content (AvgIpc) is 2.67. The lowest BCUT2D eigenvalue weighted by molar-refractivity contribution is 0.00578. The standard InChI is InChI=1S/C20H31BO2/c1-17(2)18(3,4)23-21(22-17)16-8-7-10-19(5)12-14-20(6,11-9-16)15-13-19/h7-11H,12-15H2,1-6H3. The Bertz CT molecular complexity index is 544. The highest BCUT2D eigenvalue weighted by Gasteiger charge is 2.52. The summed E-state index contributed by atoms with van der Waals surface area (Å²) in [5.74, 6) is 0. The van der Waals surface area contributed by atoms with E-state index in [9.17, 15) is 0 Å². The lowest BCUT2D eigenvalue weighted by Gasteiger charge is -2.40. The molecule has 3 aliphatic carbocycles. The molecule has 1 aliphatic heterocycles. The molecule has 0 aromatic rings. The van der Waals surface area contributed by atoms with E-state index >= 15 is 0 Å². The van der Waals surface area contributed by atoms with E-state index in [0.29, 0.717) is 10.8 Å². The van der Waals surface area contributed by atoms with Gasteiger partial charge in [0.15, 0.2) is 0 Å². The molecule has 1 saturated carbocycles. The summed E-state index contributed by atoms with van der Waals surface area (Å²) in [5, 5.41) is 0. The zero-order valence-corrected chi connectivity index (χ0v) is 15.6. The second kappa shape index (κ2) is 5.36. The molecule has 126 valence electrons. The molecule has 4 aliphatic rings. The number of rotatable bonds is 1. The molecule has 0 amide bonds. The molecule has 2 fully saturated rings. The molecule has 0 radical (unpaired) electrons. The first-order chi connectivity index (χ1) is 10.5. The van der Waals surface area contributed by atoms with Gasteiger partial charge in [0.1, 0.15) is 0 Å². The van der Waals surface area contributed by atoms with Crippen LogP contribution in [0.5, 0.6) is 0 Å². The summed E-state index contributed by atoms with van der Waals surface area (Å²) in [4.78, 5) is 0. The van der Waals surface area contributed by atoms with Crippen molar-refractivity contribution < 1.29 is 9.31 Å². The Balaban J connectivity index is 1.92. The second-order valence-electron chi connectivity index (χ2n) is 9.26. The van der Waals surface area contributed by atoms with Gasteiger partial charge in [0, 0.05) is 0 Å². The van der Waals surface area contributed by atoms with Gasteiger partial charge in [0.25, 0.3) is 0 Å². The minimum absolute atomic E-state index is 0.282. The predicted molar refractivity (Wildman–Crippen MR) is 97.1 cm³/mol. The summed E-state index contributed by atoms with van der Waals surface area (Å²) >= 11 is 0. The highest BCUT2D eigenvalue weighted by atomic mass is 16.7. The van der Waals surface area contributed by atoms with Crippen LogP contribution in [0.2, 0.25) is 0 Å². The van der Waals surface area contributed by atoms with Gasteiger partial charge in [-0.2, -0.15) is 0 Å². The second-order valence-corrected chi connectivity index (χ2v) is 9.26. The smallest absolute Gasteiger partial charge is 0.399 e. The molecule has 3 heteroatoms. The first-order valence-electron chi connectivity index (χ1n) is 8.99. The minimum Gasteiger partial charge on any atom is -0.399 e. The largest absolute Gasteiger partial charge is 0.494 e. The highest BCUT2D eigenvalue weighted by Crippen LogP contribution is 2.47. The molecule has 1 heterocycles. The Morgan fingerprint density at radius 2 is 1.26 bits per heavy atom. The molecular formula is C20H31BO2. The summed E-state index contributed by atoms with van der Waals surface area (Å²) in [7, 11) is -0.282. The van der Waals surface area contributed by atoms with Crippen molar-refractivity contribution in [2.24, 2.45) is 10.8 Å². The van der Waals surface area contributed by atoms with Crippen LogP contribution >= 0.6 is 0 Å². The van der Waals surface area contributed by atoms with Crippen molar-refractivity contribution >= 4 is 7.12 Å². The zero-order chi connectivity index (χ0) is 16.9. The fourth-order valence-corrected chi connectivity index (χ4v) is 3.61. The van der Waals surface area contributed by atoms with Crippen LogP contribution in [0.3, 0.4) is 0 Å². The summed E-state index contributed by atoms with van der Waals surface area (Å²) in [6.07, 6.45) is 16.4. The van der Waals surface area contributed by atoms with Gasteiger partial charge in [-0.3, -0.25) is 0 Å². The van der Waals surface area contributed by atoms with Crippen molar-refractivity contribution in [3.63, 3.8) is 0 Å². The van der Waals surface area contributed by atoms with Gasteiger partial charge in [-0.25, -0.2) is 0 Å². The molecule has 0 atom stereocenters. The number of hydrogen-bond donors (Lipinski definition) is 0. The summed E-state index contributed by atoms with van der Waals surface area (Å²) in [6.45, 7) is 13.2. The van der Waals surface area contributed by atoms with Gasteiger partial charge in [-0.1, -0.05) is 44.2 Å². The molecule has 0 aromatic heterocycles. The van der Waals surface area contributed by atoms with Crippen molar-refractivity contribution in [3.05, 3.63) is 35.9 Å². The van der Waals surface area contributed by atoms with E-state index in [4.69, 9.17) is 9.31 Å². The zero-order valence-electron chi connectivity index (χ0n) is 15.6. The van der Waals surface area contributed by atoms with E-state index in [1.54, 1.807) is 0 Å². The Morgan fingerprint density at radius 3 is 1.78 bits per heavy atom. The summed E-state index contributed by atoms with van der Waals surface area (Å²) < 4.78 is 12.5. The van der Waals surface area contributed by atoms with Crippen molar-refractivity contribution in [2.75, 3.05) is 0 Å². The maximum absolute atomic E-state index is 6.23. The van der Waals surface area contributed by atoms with Gasteiger partial charge in [0.05, 0.1) is 11.2 Å². The number of hydrogen-bond acceptors (Lipinski definition) is 2. The van der Waals surface area contributed by atoms with Crippen molar-refractivity contribution in [2.45, 2.75) is 78.4 Å². The molecule has 23 heavy (non-hydrogen) atoms. The fourth-order valence-electron chi connectivity index (χ4n) is 3.61. The number of fused-ring (bicyclic) bond motifs is 4. The van der Waals surface area contributed by atoms with Crippen molar-refractivity contribution in [1.82, 2.24) is 0 Å². The molecule has 0 aromatic carbocycles. The van der Waals surface area contributed by atoms with Gasteiger partial charge in [-0.05, 0) is 69.7 Å². The Kier molecular flexibility index (Phi) is 3.97. The predicted octanol–water partition coefficient (Wildman–Crippen LogP) is 5.26. The van der Waals surface area contributed by atoms with E-state index in [1.165, 1.54) is 25.7 Å². The van der Waals surface area contributed by atoms with Crippen LogP contribution in [-0.4, -0.2) is 18.3 Å². The van der Waals surface area contributed by atoms with E-state index in [0.717, 1.165) is 5.47 Å². The molecule has 1 saturated heterocycles. The summed E-state index contributed by atoms with van der Waals surface area (Å²) in [5.41, 5.74) is 1.17. The normalized spacial score (nSPS) is 38.7. The molecule has 2 bridgehead atoms. The van der Waals surface area contributed by atoms with Crippen molar-refractivity contribution in [1.29, 1.82) is 0 Å². The van der Waals surface area contributed by atoms with E-state index < -0.39 is 0 Å². The summed E-state index contributed by atoms with van der Waals surface area (Å²) in [6, 6.07) is 0. The number of allylic oxidation sites excluding steroid dienone is 6. The molecule has 0 spiro atoms. The molecule has 2 nitrogen and oxygen atoms in total. The molecule has 0 unspecified atom stereocenters. The van der Waals surface area contributed by atoms with Gasteiger partial charge >= 0.3 is 7.12 Å². The van der Waals surface area contributed by atoms with E-state index in [2.05, 4.69) is 71.9 Å². The topological polar surface area (TPSA) is 18.5 Å². The lowest BCUT2D eigenvalue weighted by Crippen LogP contribution is -2.41. The van der Waals surface area contributed by atoms with Crippen LogP contribution in [0.1, 0.15) is 67.2 Å². The van der Waals surface area contributed by atoms with Gasteiger partial charge in [0.2, 0.25) is 0 Å². The molecule has 4 rings (SSSR count). The van der Waals surface area contributed by atoms with Gasteiger partial charge in [-0.15, -0.1) is 0 Å². The first-order valence-corrected chi connectivity index (χ1v) is 8.99. The maximum Gasteiger partial charge on any atom is 0.494 e. The Hall–Kier alpha value is -0.795. The quantitative estimate of drug-likeness (QED) is 0.615. The minimum atomic E-state index is -0.291. The highest BCUT2D eigenvalue weighted by molar-refractivity contribution is 6.55. The monoisotopic (exact) mass is 314 g/mol. The Labute approximate surface area is 142 Å². The van der Waals surface area contributed by atoms with Crippen LogP contribution < -0.4 is 0 Å². The molecule has 0 N–H and O–H groups in total. The average molecular weight is 314 g/mol. The third-order valence-electron chi connectivity index (χ3n) is 6.53.